The van der Waals surface area contributed by atoms with Crippen molar-refractivity contribution in [2.75, 3.05) is 19.6 Å². The number of carbonyl (C=O) groups excluding carboxylic acids is 1. The first kappa shape index (κ1) is 16.1. The van der Waals surface area contributed by atoms with Crippen LogP contribution < -0.4 is 0 Å². The Kier molecular flexibility index (Phi) is 4.83. The monoisotopic (exact) mass is 327 g/mol. The van der Waals surface area contributed by atoms with E-state index in [1.54, 1.807) is 0 Å². The topological polar surface area (TPSA) is 36.4 Å². The zero-order chi connectivity index (χ0) is 16.4. The maximum Gasteiger partial charge on any atom is 0.226 e. The molecular formula is C20H29N3O. The molecule has 4 heteroatoms. The maximum absolute atomic E-state index is 12.9. The van der Waals surface area contributed by atoms with E-state index in [0.717, 1.165) is 50.2 Å². The molecule has 3 heterocycles. The van der Waals surface area contributed by atoms with E-state index in [0.29, 0.717) is 5.91 Å². The minimum absolute atomic E-state index is 0.205. The first-order chi connectivity index (χ1) is 11.8. The Morgan fingerprint density at radius 2 is 1.79 bits per heavy atom. The van der Waals surface area contributed by atoms with Gasteiger partial charge in [-0.05, 0) is 63.7 Å². The Balaban J connectivity index is 1.48. The lowest BCUT2D eigenvalue weighted by Gasteiger charge is -2.27. The summed E-state index contributed by atoms with van der Waals surface area (Å²) in [6.45, 7) is 4.26. The first-order valence-corrected chi connectivity index (χ1v) is 9.80. The lowest BCUT2D eigenvalue weighted by Crippen LogP contribution is -2.35. The number of pyridine rings is 1. The van der Waals surface area contributed by atoms with Gasteiger partial charge in [-0.1, -0.05) is 18.9 Å². The largest absolute Gasteiger partial charge is 0.334 e. The molecule has 1 amide bonds. The highest BCUT2D eigenvalue weighted by atomic mass is 16.2. The number of likely N-dealkylation sites (tertiary alicyclic amines) is 2. The summed E-state index contributed by atoms with van der Waals surface area (Å²) in [4.78, 5) is 22.5. The minimum atomic E-state index is 0.205. The number of amides is 1. The van der Waals surface area contributed by atoms with Crippen LogP contribution in [0.4, 0.5) is 0 Å². The Bertz CT molecular complexity index is 576. The molecule has 2 aliphatic heterocycles. The van der Waals surface area contributed by atoms with Crippen molar-refractivity contribution in [2.24, 2.45) is 5.92 Å². The van der Waals surface area contributed by atoms with Crippen molar-refractivity contribution in [1.82, 2.24) is 14.8 Å². The van der Waals surface area contributed by atoms with Crippen molar-refractivity contribution in [3.63, 3.8) is 0 Å². The molecule has 24 heavy (non-hydrogen) atoms. The van der Waals surface area contributed by atoms with Crippen molar-refractivity contribution in [3.05, 3.63) is 29.6 Å². The second kappa shape index (κ2) is 7.22. The summed E-state index contributed by atoms with van der Waals surface area (Å²) in [5.41, 5.74) is 2.27. The summed E-state index contributed by atoms with van der Waals surface area (Å²) in [6.07, 6.45) is 9.42. The highest BCUT2D eigenvalue weighted by Gasteiger charge is 2.35. The normalized spacial score (nSPS) is 25.7. The summed E-state index contributed by atoms with van der Waals surface area (Å²) >= 11 is 0. The SMILES string of the molecule is O=C(C1CCCC1)N1CCC[C@@H]1c1cccc(CN2CCCC2)n1. The number of hydrogen-bond donors (Lipinski definition) is 0. The molecule has 4 nitrogen and oxygen atoms in total. The molecule has 0 aromatic carbocycles. The summed E-state index contributed by atoms with van der Waals surface area (Å²) in [5, 5.41) is 0. The van der Waals surface area contributed by atoms with Gasteiger partial charge < -0.3 is 4.90 Å². The fraction of sp³-hybridized carbons (Fsp3) is 0.700. The molecule has 3 fully saturated rings. The van der Waals surface area contributed by atoms with Gasteiger partial charge in [0, 0.05) is 19.0 Å². The second-order valence-electron chi connectivity index (χ2n) is 7.71. The van der Waals surface area contributed by atoms with Crippen molar-refractivity contribution >= 4 is 5.91 Å². The molecule has 0 radical (unpaired) electrons. The number of carbonyl (C=O) groups is 1. The van der Waals surface area contributed by atoms with Crippen LogP contribution in [0.2, 0.25) is 0 Å². The number of hydrogen-bond acceptors (Lipinski definition) is 3. The fourth-order valence-corrected chi connectivity index (χ4v) is 4.69. The van der Waals surface area contributed by atoms with Crippen LogP contribution >= 0.6 is 0 Å². The predicted octanol–water partition coefficient (Wildman–Crippen LogP) is 3.53. The Labute approximate surface area is 145 Å². The van der Waals surface area contributed by atoms with Gasteiger partial charge >= 0.3 is 0 Å². The van der Waals surface area contributed by atoms with Crippen molar-refractivity contribution in [1.29, 1.82) is 0 Å². The van der Waals surface area contributed by atoms with Crippen LogP contribution in [-0.4, -0.2) is 40.3 Å². The third-order valence-corrected chi connectivity index (χ3v) is 5.99. The Morgan fingerprint density at radius 3 is 2.58 bits per heavy atom. The lowest BCUT2D eigenvalue weighted by atomic mass is 10.0. The van der Waals surface area contributed by atoms with Gasteiger partial charge in [0.05, 0.1) is 17.4 Å². The van der Waals surface area contributed by atoms with Crippen LogP contribution in [0.25, 0.3) is 0 Å². The molecule has 0 bridgehead atoms. The molecule has 1 atom stereocenters. The molecule has 3 aliphatic rings. The lowest BCUT2D eigenvalue weighted by molar-refractivity contribution is -0.136. The number of nitrogens with zero attached hydrogens (tertiary/aromatic N) is 3. The van der Waals surface area contributed by atoms with E-state index in [1.807, 2.05) is 0 Å². The van der Waals surface area contributed by atoms with Crippen LogP contribution in [0, 0.1) is 5.92 Å². The average Bonchev–Trinajstić information content (AvgIpc) is 3.36. The average molecular weight is 327 g/mol. The van der Waals surface area contributed by atoms with E-state index in [1.165, 1.54) is 38.8 Å². The molecule has 2 saturated heterocycles. The van der Waals surface area contributed by atoms with Crippen LogP contribution in [-0.2, 0) is 11.3 Å². The smallest absolute Gasteiger partial charge is 0.226 e. The number of rotatable bonds is 4. The predicted molar refractivity (Wildman–Crippen MR) is 94.4 cm³/mol. The molecule has 1 aliphatic carbocycles. The minimum Gasteiger partial charge on any atom is -0.334 e. The summed E-state index contributed by atoms with van der Waals surface area (Å²) in [5.74, 6) is 0.667. The van der Waals surface area contributed by atoms with Gasteiger partial charge in [0.1, 0.15) is 0 Å². The van der Waals surface area contributed by atoms with Crippen LogP contribution in [0.3, 0.4) is 0 Å². The van der Waals surface area contributed by atoms with Crippen LogP contribution in [0.5, 0.6) is 0 Å². The molecule has 1 saturated carbocycles. The van der Waals surface area contributed by atoms with Gasteiger partial charge in [0.15, 0.2) is 0 Å². The standard InChI is InChI=1S/C20H29N3O/c24-20(16-7-1-2-8-16)23-14-6-11-19(23)18-10-5-9-17(21-18)15-22-12-3-4-13-22/h5,9-10,16,19H,1-4,6-8,11-15H2/t19-/m1/s1. The maximum atomic E-state index is 12.9. The van der Waals surface area contributed by atoms with E-state index < -0.39 is 0 Å². The molecular weight excluding hydrogens is 298 g/mol. The molecule has 4 rings (SSSR count). The summed E-state index contributed by atoms with van der Waals surface area (Å²) < 4.78 is 0. The van der Waals surface area contributed by atoms with Gasteiger partial charge in [-0.25, -0.2) is 0 Å². The zero-order valence-electron chi connectivity index (χ0n) is 14.6. The first-order valence-electron chi connectivity index (χ1n) is 9.80. The third kappa shape index (κ3) is 3.34. The zero-order valence-corrected chi connectivity index (χ0v) is 14.6. The van der Waals surface area contributed by atoms with Crippen LogP contribution in [0.1, 0.15) is 68.8 Å². The van der Waals surface area contributed by atoms with Gasteiger partial charge in [0.25, 0.3) is 0 Å². The molecule has 130 valence electrons. The van der Waals surface area contributed by atoms with Gasteiger partial charge in [0.2, 0.25) is 5.91 Å². The van der Waals surface area contributed by atoms with E-state index >= 15 is 0 Å². The van der Waals surface area contributed by atoms with Crippen molar-refractivity contribution in [3.8, 4) is 0 Å². The highest BCUT2D eigenvalue weighted by molar-refractivity contribution is 5.79. The van der Waals surface area contributed by atoms with Gasteiger partial charge in [-0.2, -0.15) is 0 Å². The van der Waals surface area contributed by atoms with Crippen LogP contribution in [0.15, 0.2) is 18.2 Å². The highest BCUT2D eigenvalue weighted by Crippen LogP contribution is 2.35. The molecule has 0 spiro atoms. The molecule has 1 aromatic heterocycles. The van der Waals surface area contributed by atoms with Gasteiger partial charge in [-0.15, -0.1) is 0 Å². The van der Waals surface area contributed by atoms with Crippen molar-refractivity contribution < 1.29 is 4.79 Å². The Hall–Kier alpha value is -1.42. The van der Waals surface area contributed by atoms with E-state index in [2.05, 4.69) is 28.0 Å². The van der Waals surface area contributed by atoms with E-state index in [9.17, 15) is 4.79 Å². The third-order valence-electron chi connectivity index (χ3n) is 5.99. The van der Waals surface area contributed by atoms with E-state index in [4.69, 9.17) is 4.98 Å². The summed E-state index contributed by atoms with van der Waals surface area (Å²) in [7, 11) is 0. The molecule has 0 N–H and O–H groups in total. The number of aromatic nitrogens is 1. The van der Waals surface area contributed by atoms with Crippen molar-refractivity contribution in [2.45, 2.75) is 64.0 Å². The fourth-order valence-electron chi connectivity index (χ4n) is 4.69. The quantitative estimate of drug-likeness (QED) is 0.849. The summed E-state index contributed by atoms with van der Waals surface area (Å²) in [6, 6.07) is 6.60. The Morgan fingerprint density at radius 1 is 1.00 bits per heavy atom. The molecule has 1 aromatic rings. The second-order valence-corrected chi connectivity index (χ2v) is 7.71. The van der Waals surface area contributed by atoms with Gasteiger partial charge in [-0.3, -0.25) is 14.7 Å². The molecule has 0 unspecified atom stereocenters. The van der Waals surface area contributed by atoms with E-state index in [-0.39, 0.29) is 12.0 Å².